The Hall–Kier alpha value is -1.10. The van der Waals surface area contributed by atoms with Crippen molar-refractivity contribution in [1.82, 2.24) is 10.6 Å². The topological polar surface area (TPSA) is 64.5 Å². The number of rotatable bonds is 6. The molecule has 1 heterocycles. The zero-order chi connectivity index (χ0) is 13.6. The van der Waals surface area contributed by atoms with Gasteiger partial charge in [0.05, 0.1) is 5.60 Å². The quantitative estimate of drug-likeness (QED) is 0.580. The van der Waals surface area contributed by atoms with Crippen molar-refractivity contribution in [2.24, 2.45) is 0 Å². The summed E-state index contributed by atoms with van der Waals surface area (Å²) in [5, 5.41) is 26.0. The summed E-state index contributed by atoms with van der Waals surface area (Å²) in [4.78, 5) is 0. The highest BCUT2D eigenvalue weighted by Crippen LogP contribution is 2.14. The number of hydrogen-bond acceptors (Lipinski definition) is 4. The number of hydrogen-bond donors (Lipinski definition) is 4. The van der Waals surface area contributed by atoms with E-state index in [2.05, 4.69) is 10.6 Å². The zero-order valence-corrected chi connectivity index (χ0v) is 11.4. The van der Waals surface area contributed by atoms with Crippen molar-refractivity contribution in [3.8, 4) is 5.75 Å². The minimum Gasteiger partial charge on any atom is -0.508 e. The molecule has 1 aromatic rings. The lowest BCUT2D eigenvalue weighted by molar-refractivity contribution is 0.0173. The Labute approximate surface area is 114 Å². The molecule has 0 radical (unpaired) electrons. The summed E-state index contributed by atoms with van der Waals surface area (Å²) in [6.07, 6.45) is 3.95. The molecule has 19 heavy (non-hydrogen) atoms. The van der Waals surface area contributed by atoms with Crippen LogP contribution in [0.1, 0.15) is 24.8 Å². The van der Waals surface area contributed by atoms with Gasteiger partial charge in [0, 0.05) is 13.1 Å². The molecule has 0 aromatic heterocycles. The summed E-state index contributed by atoms with van der Waals surface area (Å²) in [6, 6.07) is 7.35. The molecule has 1 aromatic carbocycles. The number of aryl methyl sites for hydroxylation is 1. The first kappa shape index (κ1) is 14.3. The van der Waals surface area contributed by atoms with Crippen LogP contribution in [0.15, 0.2) is 24.3 Å². The van der Waals surface area contributed by atoms with Crippen molar-refractivity contribution in [2.45, 2.75) is 31.3 Å². The normalized spacial score (nSPS) is 23.4. The third kappa shape index (κ3) is 4.82. The fraction of sp³-hybridized carbons (Fsp3) is 0.600. The van der Waals surface area contributed by atoms with Crippen LogP contribution < -0.4 is 10.6 Å². The number of phenolic OH excluding ortho intramolecular Hbond substituents is 1. The van der Waals surface area contributed by atoms with Crippen LogP contribution in [0.5, 0.6) is 5.75 Å². The van der Waals surface area contributed by atoms with Gasteiger partial charge in [-0.25, -0.2) is 0 Å². The van der Waals surface area contributed by atoms with Gasteiger partial charge in [-0.15, -0.1) is 0 Å². The Bertz CT molecular complexity index is 372. The van der Waals surface area contributed by atoms with E-state index < -0.39 is 5.60 Å². The van der Waals surface area contributed by atoms with Gasteiger partial charge in [-0.2, -0.15) is 0 Å². The summed E-state index contributed by atoms with van der Waals surface area (Å²) in [5.41, 5.74) is 0.661. The average Bonchev–Trinajstić information content (AvgIpc) is 2.41. The molecule has 1 aliphatic heterocycles. The molecule has 4 heteroatoms. The maximum atomic E-state index is 10.3. The largest absolute Gasteiger partial charge is 0.508 e. The molecule has 4 N–H and O–H groups in total. The van der Waals surface area contributed by atoms with Crippen LogP contribution in [0.25, 0.3) is 0 Å². The minimum absolute atomic E-state index is 0.314. The number of nitrogens with one attached hydrogen (secondary N) is 2. The van der Waals surface area contributed by atoms with Gasteiger partial charge in [-0.3, -0.25) is 0 Å². The molecule has 0 bridgehead atoms. The van der Waals surface area contributed by atoms with Crippen LogP contribution in [-0.2, 0) is 6.42 Å². The second-order valence-electron chi connectivity index (χ2n) is 5.45. The monoisotopic (exact) mass is 264 g/mol. The number of piperidine rings is 1. The van der Waals surface area contributed by atoms with Crippen molar-refractivity contribution >= 4 is 0 Å². The first-order chi connectivity index (χ1) is 9.18. The Morgan fingerprint density at radius 2 is 2.05 bits per heavy atom. The van der Waals surface area contributed by atoms with E-state index in [0.29, 0.717) is 18.8 Å². The molecule has 0 spiro atoms. The first-order valence-electron chi connectivity index (χ1n) is 7.10. The van der Waals surface area contributed by atoms with Gasteiger partial charge in [0.2, 0.25) is 0 Å². The summed E-state index contributed by atoms with van der Waals surface area (Å²) >= 11 is 0. The van der Waals surface area contributed by atoms with Crippen LogP contribution in [0, 0.1) is 0 Å². The number of aliphatic hydroxyl groups is 1. The molecule has 1 atom stereocenters. The SMILES string of the molecule is Oc1ccc(CCCNC[C@]2(O)CCCNC2)cc1. The lowest BCUT2D eigenvalue weighted by Gasteiger charge is -2.32. The molecular formula is C15H24N2O2. The number of benzene rings is 1. The number of aromatic hydroxyl groups is 1. The van der Waals surface area contributed by atoms with Crippen molar-refractivity contribution < 1.29 is 10.2 Å². The maximum absolute atomic E-state index is 10.3. The minimum atomic E-state index is -0.573. The van der Waals surface area contributed by atoms with E-state index in [1.807, 2.05) is 12.1 Å². The molecule has 106 valence electrons. The van der Waals surface area contributed by atoms with E-state index in [-0.39, 0.29) is 0 Å². The van der Waals surface area contributed by atoms with Crippen molar-refractivity contribution in [1.29, 1.82) is 0 Å². The molecular weight excluding hydrogens is 240 g/mol. The second-order valence-corrected chi connectivity index (χ2v) is 5.45. The van der Waals surface area contributed by atoms with Gasteiger partial charge < -0.3 is 20.8 Å². The summed E-state index contributed by atoms with van der Waals surface area (Å²) in [6.45, 7) is 3.28. The predicted molar refractivity (Wildman–Crippen MR) is 76.4 cm³/mol. The van der Waals surface area contributed by atoms with Crippen molar-refractivity contribution in [3.63, 3.8) is 0 Å². The fourth-order valence-corrected chi connectivity index (χ4v) is 2.50. The van der Waals surface area contributed by atoms with Crippen LogP contribution in [0.4, 0.5) is 0 Å². The number of β-amino-alcohol motifs (C(OH)–C–C–N with tert-alkyl or cyclic N) is 1. The molecule has 1 saturated heterocycles. The highest BCUT2D eigenvalue weighted by Gasteiger charge is 2.28. The van der Waals surface area contributed by atoms with Gasteiger partial charge in [0.25, 0.3) is 0 Å². The van der Waals surface area contributed by atoms with Gasteiger partial charge >= 0.3 is 0 Å². The lowest BCUT2D eigenvalue weighted by atomic mass is 9.94. The number of phenols is 1. The molecule has 0 amide bonds. The second kappa shape index (κ2) is 6.89. The Balaban J connectivity index is 1.60. The van der Waals surface area contributed by atoms with Gasteiger partial charge in [0.15, 0.2) is 0 Å². The highest BCUT2D eigenvalue weighted by atomic mass is 16.3. The van der Waals surface area contributed by atoms with Crippen LogP contribution in [0.3, 0.4) is 0 Å². The predicted octanol–water partition coefficient (Wildman–Crippen LogP) is 1.03. The molecule has 0 aliphatic carbocycles. The van der Waals surface area contributed by atoms with Crippen LogP contribution in [0.2, 0.25) is 0 Å². The summed E-state index contributed by atoms with van der Waals surface area (Å²) < 4.78 is 0. The Kier molecular flexibility index (Phi) is 5.19. The molecule has 2 rings (SSSR count). The van der Waals surface area contributed by atoms with E-state index in [1.165, 1.54) is 5.56 Å². The van der Waals surface area contributed by atoms with E-state index in [4.69, 9.17) is 0 Å². The Morgan fingerprint density at radius 1 is 1.26 bits per heavy atom. The van der Waals surface area contributed by atoms with Crippen molar-refractivity contribution in [2.75, 3.05) is 26.2 Å². The zero-order valence-electron chi connectivity index (χ0n) is 11.4. The Morgan fingerprint density at radius 3 is 2.74 bits per heavy atom. The lowest BCUT2D eigenvalue weighted by Crippen LogP contribution is -2.52. The van der Waals surface area contributed by atoms with E-state index in [9.17, 15) is 10.2 Å². The average molecular weight is 264 g/mol. The van der Waals surface area contributed by atoms with Gasteiger partial charge in [-0.05, 0) is 56.5 Å². The standard InChI is InChI=1S/C15H24N2O2/c18-14-6-4-13(5-7-14)3-1-9-16-11-15(19)8-2-10-17-12-15/h4-7,16-19H,1-3,8-12H2/t15-/m1/s1. The van der Waals surface area contributed by atoms with E-state index in [1.54, 1.807) is 12.1 Å². The highest BCUT2D eigenvalue weighted by molar-refractivity contribution is 5.25. The molecule has 0 saturated carbocycles. The molecule has 1 aliphatic rings. The third-order valence-electron chi connectivity index (χ3n) is 3.66. The first-order valence-corrected chi connectivity index (χ1v) is 7.10. The fourth-order valence-electron chi connectivity index (χ4n) is 2.50. The summed E-state index contributed by atoms with van der Waals surface area (Å²) in [5.74, 6) is 0.314. The molecule has 1 fully saturated rings. The van der Waals surface area contributed by atoms with Gasteiger partial charge in [-0.1, -0.05) is 12.1 Å². The third-order valence-corrected chi connectivity index (χ3v) is 3.66. The van der Waals surface area contributed by atoms with Crippen molar-refractivity contribution in [3.05, 3.63) is 29.8 Å². The van der Waals surface area contributed by atoms with Crippen LogP contribution >= 0.6 is 0 Å². The van der Waals surface area contributed by atoms with Gasteiger partial charge in [0.1, 0.15) is 5.75 Å². The van der Waals surface area contributed by atoms with Crippen LogP contribution in [-0.4, -0.2) is 42.0 Å². The van der Waals surface area contributed by atoms with E-state index >= 15 is 0 Å². The molecule has 0 unspecified atom stereocenters. The smallest absolute Gasteiger partial charge is 0.115 e. The maximum Gasteiger partial charge on any atom is 0.115 e. The summed E-state index contributed by atoms with van der Waals surface area (Å²) in [7, 11) is 0. The molecule has 4 nitrogen and oxygen atoms in total. The van der Waals surface area contributed by atoms with E-state index in [0.717, 1.165) is 38.8 Å².